The normalized spacial score (nSPS) is 18.4. The second kappa shape index (κ2) is 21.7. The van der Waals surface area contributed by atoms with Crippen LogP contribution >= 0.6 is 11.8 Å². The van der Waals surface area contributed by atoms with Crippen molar-refractivity contribution in [3.63, 3.8) is 0 Å². The number of hydrogen-bond acceptors (Lipinski definition) is 13. The highest BCUT2D eigenvalue weighted by molar-refractivity contribution is 8.00. The Morgan fingerprint density at radius 2 is 1.68 bits per heavy atom. The third-order valence-electron chi connectivity index (χ3n) is 10.5. The lowest BCUT2D eigenvalue weighted by atomic mass is 9.89. The number of piperazine rings is 1. The number of hydrogen-bond donors (Lipinski definition) is 0. The molecule has 6 rings (SSSR count). The molecular formula is C45H44F3N7O7S. The van der Waals surface area contributed by atoms with E-state index in [-0.39, 0.29) is 71.6 Å². The maximum absolute atomic E-state index is 16.1. The SMILES string of the molecule is C[C@@H](S[C@H]1CO[C@H](/C=C/C=C/c2ccc(C#N)cc2F)OC1)[C@@](Cn1cncn1)(OC(=O)c1cc(C#N)ccc1COC(=O)CCC(=O)N1CCN(C)CC1)c1ccc(F)cc1F. The summed E-state index contributed by atoms with van der Waals surface area (Å²) in [6, 6.07) is 15.1. The molecule has 1 amide bonds. The number of carbonyl (C=O) groups is 3. The van der Waals surface area contributed by atoms with Gasteiger partial charge in [0.2, 0.25) is 5.91 Å². The van der Waals surface area contributed by atoms with Crippen LogP contribution in [0, 0.1) is 40.1 Å². The molecule has 4 aromatic rings. The molecule has 0 bridgehead atoms. The van der Waals surface area contributed by atoms with Crippen LogP contribution in [0.4, 0.5) is 13.2 Å². The molecular weight excluding hydrogens is 840 g/mol. The van der Waals surface area contributed by atoms with E-state index in [9.17, 15) is 28.4 Å². The van der Waals surface area contributed by atoms with Gasteiger partial charge in [0, 0.05) is 60.6 Å². The van der Waals surface area contributed by atoms with Crippen LogP contribution in [0.1, 0.15) is 57.9 Å². The van der Waals surface area contributed by atoms with Crippen LogP contribution in [0.5, 0.6) is 0 Å². The standard InChI is InChI=1S/C45H44F3N7O7S/c1-30(63-36-25-60-43(61-26-36)6-4-3-5-33-9-7-32(23-50)20-39(33)47)45(27-55-29-51-28-52-55,38-12-11-35(46)21-40(38)48)62-44(58)37-19-31(22-49)8-10-34(37)24-59-42(57)14-13-41(56)54-17-15-53(2)16-18-54/h3-12,19-21,28-30,36,43H,13-18,24-27H2,1-2H3/b5-3+,6-4+/t30-,36-,43-,45-/m1/s1. The molecule has 14 nitrogen and oxygen atoms in total. The van der Waals surface area contributed by atoms with Crippen molar-refractivity contribution in [1.82, 2.24) is 24.6 Å². The number of nitriles is 2. The molecule has 328 valence electrons. The van der Waals surface area contributed by atoms with Crippen molar-refractivity contribution in [2.75, 3.05) is 46.4 Å². The molecule has 2 saturated heterocycles. The Morgan fingerprint density at radius 1 is 0.952 bits per heavy atom. The van der Waals surface area contributed by atoms with Gasteiger partial charge < -0.3 is 28.7 Å². The molecule has 0 spiro atoms. The molecule has 0 N–H and O–H groups in total. The van der Waals surface area contributed by atoms with Gasteiger partial charge in [0.1, 0.15) is 36.7 Å². The summed E-state index contributed by atoms with van der Waals surface area (Å²) in [5.41, 5.74) is -1.47. The lowest BCUT2D eigenvalue weighted by Gasteiger charge is -2.40. The number of amides is 1. The maximum Gasteiger partial charge on any atom is 0.339 e. The zero-order chi connectivity index (χ0) is 44.9. The van der Waals surface area contributed by atoms with Crippen LogP contribution in [-0.2, 0) is 47.3 Å². The first kappa shape index (κ1) is 46.2. The first-order chi connectivity index (χ1) is 30.4. The number of ether oxygens (including phenoxy) is 4. The molecule has 0 unspecified atom stereocenters. The number of likely N-dealkylation sites (N-methyl/N-ethyl adjacent to an activating group) is 1. The monoisotopic (exact) mass is 883 g/mol. The van der Waals surface area contributed by atoms with Gasteiger partial charge in [-0.2, -0.15) is 15.6 Å². The molecule has 3 heterocycles. The summed E-state index contributed by atoms with van der Waals surface area (Å²) in [4.78, 5) is 47.9. The smallest absolute Gasteiger partial charge is 0.339 e. The number of halogens is 3. The number of esters is 2. The van der Waals surface area contributed by atoms with Gasteiger partial charge in [-0.05, 0) is 56.4 Å². The number of benzene rings is 3. The topological polar surface area (TPSA) is 173 Å². The van der Waals surface area contributed by atoms with Gasteiger partial charge in [-0.25, -0.2) is 27.6 Å². The highest BCUT2D eigenvalue weighted by Crippen LogP contribution is 2.42. The van der Waals surface area contributed by atoms with Gasteiger partial charge >= 0.3 is 11.9 Å². The van der Waals surface area contributed by atoms with Crippen molar-refractivity contribution >= 4 is 35.7 Å². The third kappa shape index (κ3) is 12.2. The van der Waals surface area contributed by atoms with Crippen LogP contribution in [0.3, 0.4) is 0 Å². The van der Waals surface area contributed by atoms with E-state index in [0.717, 1.165) is 25.2 Å². The molecule has 2 aliphatic heterocycles. The predicted molar refractivity (Wildman–Crippen MR) is 224 cm³/mol. The Bertz CT molecular complexity index is 2410. The number of aromatic nitrogens is 3. The van der Waals surface area contributed by atoms with Gasteiger partial charge in [0.05, 0.1) is 60.3 Å². The Hall–Kier alpha value is -6.31. The molecule has 18 heteroatoms. The highest BCUT2D eigenvalue weighted by atomic mass is 32.2. The van der Waals surface area contributed by atoms with Crippen LogP contribution in [0.2, 0.25) is 0 Å². The Kier molecular flexibility index (Phi) is 15.9. The van der Waals surface area contributed by atoms with Gasteiger partial charge in [0.25, 0.3) is 0 Å². The van der Waals surface area contributed by atoms with Crippen LogP contribution < -0.4 is 0 Å². The molecule has 2 fully saturated rings. The van der Waals surface area contributed by atoms with Crippen molar-refractivity contribution in [2.45, 2.75) is 55.3 Å². The first-order valence-corrected chi connectivity index (χ1v) is 20.9. The minimum Gasteiger partial charge on any atom is -0.461 e. The van der Waals surface area contributed by atoms with E-state index in [1.54, 1.807) is 30.1 Å². The van der Waals surface area contributed by atoms with Crippen molar-refractivity contribution in [2.24, 2.45) is 0 Å². The summed E-state index contributed by atoms with van der Waals surface area (Å²) in [6.07, 6.45) is 8.00. The molecule has 0 radical (unpaired) electrons. The largest absolute Gasteiger partial charge is 0.461 e. The van der Waals surface area contributed by atoms with Crippen molar-refractivity contribution < 1.29 is 46.5 Å². The first-order valence-electron chi connectivity index (χ1n) is 20.0. The van der Waals surface area contributed by atoms with E-state index in [0.29, 0.717) is 24.7 Å². The molecule has 2 atom stereocenters. The zero-order valence-corrected chi connectivity index (χ0v) is 35.3. The Balaban J connectivity index is 1.19. The fraction of sp³-hybridized carbons (Fsp3) is 0.356. The highest BCUT2D eigenvalue weighted by Gasteiger charge is 2.47. The lowest BCUT2D eigenvalue weighted by Crippen LogP contribution is -2.47. The second-order valence-corrected chi connectivity index (χ2v) is 16.5. The Labute approximate surface area is 366 Å². The second-order valence-electron chi connectivity index (χ2n) is 14.9. The van der Waals surface area contributed by atoms with E-state index in [2.05, 4.69) is 15.0 Å². The maximum atomic E-state index is 16.1. The van der Waals surface area contributed by atoms with Crippen LogP contribution in [-0.4, -0.2) is 106 Å². The molecule has 63 heavy (non-hydrogen) atoms. The summed E-state index contributed by atoms with van der Waals surface area (Å²) >= 11 is 1.26. The number of allylic oxidation sites excluding steroid dienone is 2. The molecule has 1 aromatic heterocycles. The fourth-order valence-corrected chi connectivity index (χ4v) is 8.32. The summed E-state index contributed by atoms with van der Waals surface area (Å²) in [6.45, 7) is 3.90. The van der Waals surface area contributed by atoms with E-state index < -0.39 is 53.1 Å². The zero-order valence-electron chi connectivity index (χ0n) is 34.5. The summed E-state index contributed by atoms with van der Waals surface area (Å²) in [7, 11) is 1.97. The van der Waals surface area contributed by atoms with E-state index in [4.69, 9.17) is 24.2 Å². The van der Waals surface area contributed by atoms with Gasteiger partial charge in [-0.3, -0.25) is 9.59 Å². The molecule has 0 saturated carbocycles. The summed E-state index contributed by atoms with van der Waals surface area (Å²) in [5.74, 6) is -4.25. The van der Waals surface area contributed by atoms with Crippen molar-refractivity contribution in [3.8, 4) is 12.1 Å². The van der Waals surface area contributed by atoms with Crippen LogP contribution in [0.25, 0.3) is 6.08 Å². The number of nitrogens with zero attached hydrogens (tertiary/aromatic N) is 7. The minimum atomic E-state index is -1.92. The van der Waals surface area contributed by atoms with Gasteiger partial charge in [-0.15, -0.1) is 11.8 Å². The molecule has 2 aliphatic rings. The number of rotatable bonds is 16. The van der Waals surface area contributed by atoms with Crippen molar-refractivity contribution in [3.05, 3.63) is 136 Å². The third-order valence-corrected chi connectivity index (χ3v) is 11.9. The lowest BCUT2D eigenvalue weighted by molar-refractivity contribution is -0.147. The quantitative estimate of drug-likeness (QED) is 0.0960. The van der Waals surface area contributed by atoms with Crippen LogP contribution in [0.15, 0.2) is 85.5 Å². The average Bonchev–Trinajstić information content (AvgIpc) is 3.80. The number of thioether (sulfide) groups is 1. The van der Waals surface area contributed by atoms with Crippen molar-refractivity contribution in [1.29, 1.82) is 10.5 Å². The average molecular weight is 884 g/mol. The van der Waals surface area contributed by atoms with E-state index in [1.807, 2.05) is 19.2 Å². The summed E-state index contributed by atoms with van der Waals surface area (Å²) < 4.78 is 69.9. The van der Waals surface area contributed by atoms with Gasteiger partial charge in [0.15, 0.2) is 11.9 Å². The number of carbonyl (C=O) groups excluding carboxylic acids is 3. The fourth-order valence-electron chi connectivity index (χ4n) is 6.96. The molecule has 3 aromatic carbocycles. The summed E-state index contributed by atoms with van der Waals surface area (Å²) in [5, 5.41) is 21.7. The Morgan fingerprint density at radius 3 is 2.37 bits per heavy atom. The van der Waals surface area contributed by atoms with E-state index in [1.165, 1.54) is 71.6 Å². The molecule has 0 aliphatic carbocycles. The van der Waals surface area contributed by atoms with Gasteiger partial charge in [-0.1, -0.05) is 30.4 Å². The predicted octanol–water partition coefficient (Wildman–Crippen LogP) is 5.92. The minimum absolute atomic E-state index is 0.0521. The van der Waals surface area contributed by atoms with E-state index >= 15 is 4.39 Å².